The third-order valence-electron chi connectivity index (χ3n) is 2.74. The maximum Gasteiger partial charge on any atom is 0.309 e. The highest BCUT2D eigenvalue weighted by molar-refractivity contribution is 5.68. The molecule has 1 heterocycles. The number of rotatable bonds is 4. The molecule has 0 saturated carbocycles. The van der Waals surface area contributed by atoms with Gasteiger partial charge in [-0.05, 0) is 12.1 Å². The number of nitro groups is 1. The normalized spacial score (nSPS) is 18.6. The van der Waals surface area contributed by atoms with E-state index in [2.05, 4.69) is 5.32 Å². The largest absolute Gasteiger partial charge is 0.377 e. The molecule has 7 heteroatoms. The Labute approximate surface area is 109 Å². The van der Waals surface area contributed by atoms with Crippen molar-refractivity contribution in [2.75, 3.05) is 31.7 Å². The highest BCUT2D eigenvalue weighted by Crippen LogP contribution is 2.28. The molecule has 0 amide bonds. The van der Waals surface area contributed by atoms with Crippen LogP contribution in [0.3, 0.4) is 0 Å². The minimum atomic E-state index is -0.556. The molecule has 1 aliphatic heterocycles. The zero-order valence-electron chi connectivity index (χ0n) is 10.2. The number of benzene rings is 1. The highest BCUT2D eigenvalue weighted by Gasteiger charge is 2.21. The quantitative estimate of drug-likeness (QED) is 0.649. The van der Waals surface area contributed by atoms with Gasteiger partial charge in [0, 0.05) is 6.54 Å². The number of hydrogen-bond donors (Lipinski definition) is 1. The third-order valence-corrected chi connectivity index (χ3v) is 2.74. The Morgan fingerprint density at radius 1 is 1.53 bits per heavy atom. The van der Waals surface area contributed by atoms with Crippen molar-refractivity contribution in [1.29, 1.82) is 5.26 Å². The second kappa shape index (κ2) is 6.13. The summed E-state index contributed by atoms with van der Waals surface area (Å²) in [7, 11) is 0. The molecule has 1 N–H and O–H groups in total. The number of ether oxygens (including phenoxy) is 2. The van der Waals surface area contributed by atoms with Crippen LogP contribution in [0.15, 0.2) is 18.2 Å². The van der Waals surface area contributed by atoms with Crippen LogP contribution >= 0.6 is 0 Å². The summed E-state index contributed by atoms with van der Waals surface area (Å²) < 4.78 is 10.7. The van der Waals surface area contributed by atoms with E-state index in [4.69, 9.17) is 14.7 Å². The zero-order chi connectivity index (χ0) is 13.7. The monoisotopic (exact) mass is 263 g/mol. The Hall–Kier alpha value is -2.17. The summed E-state index contributed by atoms with van der Waals surface area (Å²) in [6, 6.07) is 6.41. The van der Waals surface area contributed by atoms with Gasteiger partial charge in [-0.15, -0.1) is 0 Å². The van der Waals surface area contributed by atoms with Crippen LogP contribution in [0.2, 0.25) is 0 Å². The van der Waals surface area contributed by atoms with Crippen LogP contribution in [0, 0.1) is 21.4 Å². The highest BCUT2D eigenvalue weighted by atomic mass is 16.6. The fourth-order valence-corrected chi connectivity index (χ4v) is 1.85. The van der Waals surface area contributed by atoms with Gasteiger partial charge in [-0.3, -0.25) is 10.1 Å². The van der Waals surface area contributed by atoms with E-state index in [0.717, 1.165) is 0 Å². The molecule has 1 fully saturated rings. The molecule has 1 aliphatic rings. The van der Waals surface area contributed by atoms with Gasteiger partial charge in [0.05, 0.1) is 30.8 Å². The summed E-state index contributed by atoms with van der Waals surface area (Å²) in [4.78, 5) is 10.5. The minimum absolute atomic E-state index is 0.0378. The Bertz CT molecular complexity index is 506. The summed E-state index contributed by atoms with van der Waals surface area (Å²) in [5.41, 5.74) is 0.149. The van der Waals surface area contributed by atoms with Crippen LogP contribution in [0.5, 0.6) is 0 Å². The minimum Gasteiger partial charge on any atom is -0.377 e. The smallest absolute Gasteiger partial charge is 0.309 e. The van der Waals surface area contributed by atoms with Crippen molar-refractivity contribution in [3.05, 3.63) is 33.9 Å². The van der Waals surface area contributed by atoms with E-state index in [0.29, 0.717) is 32.1 Å². The maximum absolute atomic E-state index is 11.0. The molecule has 1 atom stereocenters. The van der Waals surface area contributed by atoms with Gasteiger partial charge in [0.15, 0.2) is 0 Å². The van der Waals surface area contributed by atoms with Crippen LogP contribution in [0.25, 0.3) is 0 Å². The lowest BCUT2D eigenvalue weighted by Crippen LogP contribution is -2.34. The van der Waals surface area contributed by atoms with Crippen LogP contribution < -0.4 is 5.32 Å². The molecule has 0 aromatic heterocycles. The number of hydrogen-bond acceptors (Lipinski definition) is 6. The van der Waals surface area contributed by atoms with E-state index in [1.807, 2.05) is 6.07 Å². The van der Waals surface area contributed by atoms with E-state index in [1.165, 1.54) is 6.07 Å². The Morgan fingerprint density at radius 2 is 2.37 bits per heavy atom. The average Bonchev–Trinajstić information content (AvgIpc) is 2.45. The van der Waals surface area contributed by atoms with Crippen LogP contribution in [-0.2, 0) is 9.47 Å². The van der Waals surface area contributed by atoms with E-state index in [9.17, 15) is 10.1 Å². The van der Waals surface area contributed by atoms with Gasteiger partial charge in [0.25, 0.3) is 0 Å². The van der Waals surface area contributed by atoms with Gasteiger partial charge < -0.3 is 14.8 Å². The summed E-state index contributed by atoms with van der Waals surface area (Å²) in [6.07, 6.45) is -0.140. The van der Waals surface area contributed by atoms with Crippen molar-refractivity contribution in [3.63, 3.8) is 0 Å². The first-order valence-electron chi connectivity index (χ1n) is 5.83. The number of nitrogens with zero attached hydrogens (tertiary/aromatic N) is 2. The van der Waals surface area contributed by atoms with Gasteiger partial charge in [0.2, 0.25) is 0 Å². The topological polar surface area (TPSA) is 97.4 Å². The first kappa shape index (κ1) is 13.3. The van der Waals surface area contributed by atoms with Crippen molar-refractivity contribution in [1.82, 2.24) is 0 Å². The number of nitriles is 1. The fourth-order valence-electron chi connectivity index (χ4n) is 1.85. The summed E-state index contributed by atoms with van der Waals surface area (Å²) in [6.45, 7) is 1.95. The van der Waals surface area contributed by atoms with Crippen LogP contribution in [-0.4, -0.2) is 37.4 Å². The Balaban J connectivity index is 2.11. The van der Waals surface area contributed by atoms with Crippen molar-refractivity contribution < 1.29 is 14.4 Å². The lowest BCUT2D eigenvalue weighted by molar-refractivity contribution is -0.384. The van der Waals surface area contributed by atoms with Crippen molar-refractivity contribution >= 4 is 11.4 Å². The van der Waals surface area contributed by atoms with Crippen molar-refractivity contribution in [3.8, 4) is 6.07 Å². The first-order valence-corrected chi connectivity index (χ1v) is 5.83. The molecule has 2 rings (SSSR count). The summed E-state index contributed by atoms with van der Waals surface area (Å²) in [5.74, 6) is 0. The Kier molecular flexibility index (Phi) is 4.28. The van der Waals surface area contributed by atoms with Crippen molar-refractivity contribution in [2.24, 2.45) is 0 Å². The standard InChI is InChI=1S/C12H13N3O4/c13-6-9-2-1-3-11(12(9)15(16)17)14-7-10-8-18-4-5-19-10/h1-3,10,14H,4-5,7-8H2. The van der Waals surface area contributed by atoms with Gasteiger partial charge >= 0.3 is 5.69 Å². The molecule has 19 heavy (non-hydrogen) atoms. The molecule has 0 aliphatic carbocycles. The molecule has 100 valence electrons. The molecule has 1 aromatic rings. The van der Waals surface area contributed by atoms with E-state index in [-0.39, 0.29) is 17.4 Å². The van der Waals surface area contributed by atoms with Gasteiger partial charge in [0.1, 0.15) is 17.3 Å². The van der Waals surface area contributed by atoms with E-state index >= 15 is 0 Å². The van der Waals surface area contributed by atoms with Gasteiger partial charge in [-0.2, -0.15) is 5.26 Å². The van der Waals surface area contributed by atoms with Gasteiger partial charge in [-0.25, -0.2) is 0 Å². The number of nitro benzene ring substituents is 1. The molecular formula is C12H13N3O4. The van der Waals surface area contributed by atoms with Gasteiger partial charge in [-0.1, -0.05) is 6.07 Å². The molecule has 0 bridgehead atoms. The third kappa shape index (κ3) is 3.19. The van der Waals surface area contributed by atoms with Crippen LogP contribution in [0.4, 0.5) is 11.4 Å². The van der Waals surface area contributed by atoms with Crippen LogP contribution in [0.1, 0.15) is 5.56 Å². The van der Waals surface area contributed by atoms with Crippen molar-refractivity contribution in [2.45, 2.75) is 6.10 Å². The molecule has 1 unspecified atom stereocenters. The second-order valence-corrected chi connectivity index (χ2v) is 4.02. The SMILES string of the molecule is N#Cc1cccc(NCC2COCCO2)c1[N+](=O)[O-]. The number of para-hydroxylation sites is 1. The first-order chi connectivity index (χ1) is 9.22. The van der Waals surface area contributed by atoms with E-state index < -0.39 is 4.92 Å². The lowest BCUT2D eigenvalue weighted by atomic mass is 10.1. The molecule has 0 radical (unpaired) electrons. The summed E-state index contributed by atoms with van der Waals surface area (Å²) >= 11 is 0. The molecule has 1 aromatic carbocycles. The predicted molar refractivity (Wildman–Crippen MR) is 66.9 cm³/mol. The fraction of sp³-hybridized carbons (Fsp3) is 0.417. The molecule has 7 nitrogen and oxygen atoms in total. The lowest BCUT2D eigenvalue weighted by Gasteiger charge is -2.23. The Morgan fingerprint density at radius 3 is 3.00 bits per heavy atom. The molecule has 0 spiro atoms. The van der Waals surface area contributed by atoms with E-state index in [1.54, 1.807) is 12.1 Å². The average molecular weight is 263 g/mol. The number of anilines is 1. The second-order valence-electron chi connectivity index (χ2n) is 4.02. The zero-order valence-corrected chi connectivity index (χ0v) is 10.2. The maximum atomic E-state index is 11.0. The molecular weight excluding hydrogens is 250 g/mol. The molecule has 1 saturated heterocycles. The summed E-state index contributed by atoms with van der Waals surface area (Å²) in [5, 5.41) is 22.8. The predicted octanol–water partition coefficient (Wildman–Crippen LogP) is 1.29. The number of nitrogens with one attached hydrogen (secondary N) is 1.